The molecule has 198 valence electrons. The molecule has 38 heavy (non-hydrogen) atoms. The standard InChI is InChI=1S/C28H29N3O7/c1-35-22-9-6-17-13-24(22)38-23-12-16(4-8-21(23)32)5-10-25(33)29-20-15-31(14-19(17)20)28(34)18-7-11-26(36-2)30-27(18)37-3/h4,6-9,11-13,19-20,32H,5,10,14-15H2,1-3H3,(H,29,33)/t19-,20+/m0/s1. The van der Waals surface area contributed by atoms with Crippen molar-refractivity contribution in [3.05, 3.63) is 65.2 Å². The van der Waals surface area contributed by atoms with Crippen LogP contribution in [0.1, 0.15) is 33.8 Å². The number of benzene rings is 2. The lowest BCUT2D eigenvalue weighted by Crippen LogP contribution is -2.40. The van der Waals surface area contributed by atoms with Crippen LogP contribution in [0.2, 0.25) is 0 Å². The largest absolute Gasteiger partial charge is 0.504 e. The third kappa shape index (κ3) is 4.89. The molecule has 4 bridgehead atoms. The van der Waals surface area contributed by atoms with E-state index in [1.54, 1.807) is 48.4 Å². The van der Waals surface area contributed by atoms with Gasteiger partial charge in [0, 0.05) is 31.5 Å². The first-order valence-electron chi connectivity index (χ1n) is 12.3. The molecule has 2 aromatic carbocycles. The van der Waals surface area contributed by atoms with Crippen LogP contribution in [0.5, 0.6) is 34.8 Å². The number of ether oxygens (including phenoxy) is 4. The van der Waals surface area contributed by atoms with Crippen molar-refractivity contribution in [3.63, 3.8) is 0 Å². The van der Waals surface area contributed by atoms with Gasteiger partial charge >= 0.3 is 0 Å². The molecule has 10 nitrogen and oxygen atoms in total. The number of nitrogens with zero attached hydrogens (tertiary/aromatic N) is 2. The molecular weight excluding hydrogens is 490 g/mol. The fourth-order valence-corrected chi connectivity index (χ4v) is 4.93. The monoisotopic (exact) mass is 519 g/mol. The van der Waals surface area contributed by atoms with Gasteiger partial charge in [-0.15, -0.1) is 0 Å². The van der Waals surface area contributed by atoms with Crippen LogP contribution in [-0.4, -0.2) is 67.3 Å². The molecule has 0 aliphatic carbocycles. The van der Waals surface area contributed by atoms with Gasteiger partial charge in [0.25, 0.3) is 5.91 Å². The van der Waals surface area contributed by atoms with Crippen LogP contribution in [0, 0.1) is 0 Å². The van der Waals surface area contributed by atoms with E-state index in [0.717, 1.165) is 11.1 Å². The number of pyridine rings is 1. The van der Waals surface area contributed by atoms with Crippen molar-refractivity contribution in [1.29, 1.82) is 0 Å². The van der Waals surface area contributed by atoms with Crippen LogP contribution < -0.4 is 24.3 Å². The Labute approximate surface area is 220 Å². The van der Waals surface area contributed by atoms with Crippen LogP contribution in [0.4, 0.5) is 0 Å². The molecule has 0 spiro atoms. The average molecular weight is 520 g/mol. The first kappa shape index (κ1) is 25.2. The number of rotatable bonds is 4. The van der Waals surface area contributed by atoms with Crippen molar-refractivity contribution in [2.45, 2.75) is 24.8 Å². The zero-order valence-electron chi connectivity index (χ0n) is 21.4. The number of likely N-dealkylation sites (tertiary alicyclic amines) is 1. The molecule has 2 aliphatic rings. The zero-order chi connectivity index (χ0) is 26.8. The third-order valence-corrected chi connectivity index (χ3v) is 6.92. The van der Waals surface area contributed by atoms with E-state index in [4.69, 9.17) is 18.9 Å². The summed E-state index contributed by atoms with van der Waals surface area (Å²) < 4.78 is 22.1. The number of amides is 2. The Morgan fingerprint density at radius 1 is 1.00 bits per heavy atom. The summed E-state index contributed by atoms with van der Waals surface area (Å²) in [6.07, 6.45) is 0.713. The van der Waals surface area contributed by atoms with Crippen molar-refractivity contribution in [3.8, 4) is 34.8 Å². The Bertz CT molecular complexity index is 1380. The van der Waals surface area contributed by atoms with Crippen molar-refractivity contribution in [1.82, 2.24) is 15.2 Å². The number of hydrogen-bond acceptors (Lipinski definition) is 8. The fraction of sp³-hybridized carbons (Fsp3) is 0.321. The summed E-state index contributed by atoms with van der Waals surface area (Å²) in [5.41, 5.74) is 2.01. The van der Waals surface area contributed by atoms with E-state index in [1.807, 2.05) is 12.1 Å². The number of carbonyl (C=O) groups is 2. The molecule has 1 aromatic heterocycles. The van der Waals surface area contributed by atoms with E-state index in [1.165, 1.54) is 14.2 Å². The van der Waals surface area contributed by atoms with Crippen molar-refractivity contribution >= 4 is 11.8 Å². The second-order valence-corrected chi connectivity index (χ2v) is 9.22. The molecule has 0 unspecified atom stereocenters. The number of phenols is 1. The highest BCUT2D eigenvalue weighted by atomic mass is 16.5. The van der Waals surface area contributed by atoms with E-state index < -0.39 is 0 Å². The minimum Gasteiger partial charge on any atom is -0.504 e. The highest BCUT2D eigenvalue weighted by molar-refractivity contribution is 5.97. The highest BCUT2D eigenvalue weighted by Crippen LogP contribution is 2.40. The lowest BCUT2D eigenvalue weighted by molar-refractivity contribution is -0.121. The summed E-state index contributed by atoms with van der Waals surface area (Å²) in [4.78, 5) is 32.5. The van der Waals surface area contributed by atoms with Gasteiger partial charge in [0.15, 0.2) is 23.0 Å². The molecule has 0 saturated carbocycles. The Kier molecular flexibility index (Phi) is 6.95. The second-order valence-electron chi connectivity index (χ2n) is 9.22. The predicted molar refractivity (Wildman–Crippen MR) is 137 cm³/mol. The van der Waals surface area contributed by atoms with E-state index in [0.29, 0.717) is 42.5 Å². The van der Waals surface area contributed by atoms with E-state index in [2.05, 4.69) is 10.3 Å². The van der Waals surface area contributed by atoms with Crippen LogP contribution >= 0.6 is 0 Å². The quantitative estimate of drug-likeness (QED) is 0.539. The van der Waals surface area contributed by atoms with Crippen LogP contribution in [-0.2, 0) is 11.2 Å². The number of nitrogens with one attached hydrogen (secondary N) is 1. The van der Waals surface area contributed by atoms with Crippen LogP contribution in [0.15, 0.2) is 48.5 Å². The van der Waals surface area contributed by atoms with Gasteiger partial charge in [-0.2, -0.15) is 4.98 Å². The smallest absolute Gasteiger partial charge is 0.259 e. The lowest BCUT2D eigenvalue weighted by atomic mass is 9.93. The topological polar surface area (TPSA) is 119 Å². The minimum atomic E-state index is -0.331. The molecule has 0 radical (unpaired) electrons. The number of phenolic OH excluding ortho intramolecular Hbond substituents is 1. The number of aromatic hydroxyl groups is 1. The van der Waals surface area contributed by atoms with Gasteiger partial charge < -0.3 is 34.3 Å². The number of aryl methyl sites for hydroxylation is 1. The molecular formula is C28H29N3O7. The summed E-state index contributed by atoms with van der Waals surface area (Å²) >= 11 is 0. The number of aromatic nitrogens is 1. The maximum absolute atomic E-state index is 13.6. The second kappa shape index (κ2) is 10.5. The number of fused-ring (bicyclic) bond motifs is 6. The van der Waals surface area contributed by atoms with Gasteiger partial charge in [-0.1, -0.05) is 12.1 Å². The predicted octanol–water partition coefficient (Wildman–Crippen LogP) is 3.28. The Hall–Kier alpha value is -4.47. The molecule has 2 amide bonds. The van der Waals surface area contributed by atoms with E-state index in [9.17, 15) is 14.7 Å². The van der Waals surface area contributed by atoms with Crippen molar-refractivity contribution in [2.24, 2.45) is 0 Å². The summed E-state index contributed by atoms with van der Waals surface area (Å²) in [7, 11) is 4.48. The molecule has 2 N–H and O–H groups in total. The fourth-order valence-electron chi connectivity index (χ4n) is 4.93. The van der Waals surface area contributed by atoms with Gasteiger partial charge in [-0.05, 0) is 47.9 Å². The zero-order valence-corrected chi connectivity index (χ0v) is 21.4. The summed E-state index contributed by atoms with van der Waals surface area (Å²) in [5.74, 6) is 1.08. The lowest BCUT2D eigenvalue weighted by Gasteiger charge is -2.21. The Morgan fingerprint density at radius 2 is 1.84 bits per heavy atom. The number of hydrogen-bond donors (Lipinski definition) is 2. The maximum atomic E-state index is 13.6. The number of methoxy groups -OCH3 is 3. The molecule has 5 rings (SSSR count). The Morgan fingerprint density at radius 3 is 2.61 bits per heavy atom. The van der Waals surface area contributed by atoms with Gasteiger partial charge in [-0.3, -0.25) is 9.59 Å². The molecule has 1 saturated heterocycles. The van der Waals surface area contributed by atoms with E-state index >= 15 is 0 Å². The van der Waals surface area contributed by atoms with Crippen molar-refractivity contribution in [2.75, 3.05) is 34.4 Å². The first-order chi connectivity index (χ1) is 18.4. The van der Waals surface area contributed by atoms with Gasteiger partial charge in [0.1, 0.15) is 5.56 Å². The molecule has 2 aliphatic heterocycles. The molecule has 3 heterocycles. The summed E-state index contributed by atoms with van der Waals surface area (Å²) in [5, 5.41) is 13.5. The van der Waals surface area contributed by atoms with Gasteiger partial charge in [-0.25, -0.2) is 0 Å². The Balaban J connectivity index is 1.51. The third-order valence-electron chi connectivity index (χ3n) is 6.92. The van der Waals surface area contributed by atoms with Gasteiger partial charge in [0.2, 0.25) is 17.7 Å². The minimum absolute atomic E-state index is 0.0157. The maximum Gasteiger partial charge on any atom is 0.259 e. The molecule has 3 aromatic rings. The highest BCUT2D eigenvalue weighted by Gasteiger charge is 2.38. The average Bonchev–Trinajstić information content (AvgIpc) is 3.35. The molecule has 10 heteroatoms. The van der Waals surface area contributed by atoms with Gasteiger partial charge in [0.05, 0.1) is 27.4 Å². The SMILES string of the molecule is COc1ccc(C(=O)N2C[C@H]3NC(=O)CCc4ccc(O)c(c4)Oc4cc(ccc4OC)[C@@H]3C2)c(OC)n1. The summed E-state index contributed by atoms with van der Waals surface area (Å²) in [6, 6.07) is 13.5. The van der Waals surface area contributed by atoms with Crippen LogP contribution in [0.25, 0.3) is 0 Å². The summed E-state index contributed by atoms with van der Waals surface area (Å²) in [6.45, 7) is 0.658. The molecule has 1 fully saturated rings. The molecule has 2 atom stereocenters. The normalized spacial score (nSPS) is 18.6. The van der Waals surface area contributed by atoms with Crippen molar-refractivity contribution < 1.29 is 33.6 Å². The number of carbonyl (C=O) groups excluding carboxylic acids is 2. The first-order valence-corrected chi connectivity index (χ1v) is 12.3. The van der Waals surface area contributed by atoms with E-state index in [-0.39, 0.29) is 47.6 Å². The van der Waals surface area contributed by atoms with Crippen LogP contribution in [0.3, 0.4) is 0 Å².